The highest BCUT2D eigenvalue weighted by molar-refractivity contribution is 5.88. The molecule has 0 saturated carbocycles. The predicted octanol–water partition coefficient (Wildman–Crippen LogP) is 2.23. The molecule has 3 aromatic rings. The monoisotopic (exact) mass is 350 g/mol. The number of rotatable bonds is 4. The van der Waals surface area contributed by atoms with Crippen molar-refractivity contribution in [2.75, 3.05) is 6.54 Å². The van der Waals surface area contributed by atoms with E-state index in [4.69, 9.17) is 0 Å². The first-order valence-electron chi connectivity index (χ1n) is 8.92. The third-order valence-electron chi connectivity index (χ3n) is 5.03. The average Bonchev–Trinajstić information content (AvgIpc) is 2.93. The Labute approximate surface area is 150 Å². The second-order valence-corrected chi connectivity index (χ2v) is 6.68. The van der Waals surface area contributed by atoms with Crippen LogP contribution in [0.1, 0.15) is 36.6 Å². The molecule has 1 aliphatic rings. The molecule has 6 nitrogen and oxygen atoms in total. The fourth-order valence-electron chi connectivity index (χ4n) is 3.69. The highest BCUT2D eigenvalue weighted by Crippen LogP contribution is 2.37. The summed E-state index contributed by atoms with van der Waals surface area (Å²) in [7, 11) is 1.48. The lowest BCUT2D eigenvalue weighted by molar-refractivity contribution is 0.538. The third-order valence-corrected chi connectivity index (χ3v) is 5.03. The number of hydrogen-bond donors (Lipinski definition) is 2. The standard InChI is InChI=1S/C20H22N4O2/c1-3-12-21-16-10-11-17(24-20(26)23(2)19(25)22-24)15-9-8-13-6-4-5-7-14(13)18(15)16/h4-11,16-17,21H,3,12H2,1-2H3,(H,22,25)/t16-,17+/m1/s1. The molecule has 2 atom stereocenters. The van der Waals surface area contributed by atoms with E-state index in [1.165, 1.54) is 22.7 Å². The number of benzene rings is 2. The Hall–Kier alpha value is -2.86. The average molecular weight is 350 g/mol. The fraction of sp³-hybridized carbons (Fsp3) is 0.300. The van der Waals surface area contributed by atoms with Crippen molar-refractivity contribution in [1.82, 2.24) is 19.7 Å². The Kier molecular flexibility index (Phi) is 4.12. The van der Waals surface area contributed by atoms with E-state index in [9.17, 15) is 9.59 Å². The highest BCUT2D eigenvalue weighted by atomic mass is 16.2. The van der Waals surface area contributed by atoms with Gasteiger partial charge in [-0.15, -0.1) is 0 Å². The van der Waals surface area contributed by atoms with Crippen molar-refractivity contribution < 1.29 is 0 Å². The molecule has 0 saturated heterocycles. The topological polar surface area (TPSA) is 71.8 Å². The number of nitrogens with one attached hydrogen (secondary N) is 2. The molecule has 0 radical (unpaired) electrons. The maximum atomic E-state index is 12.5. The molecule has 134 valence electrons. The summed E-state index contributed by atoms with van der Waals surface area (Å²) in [4.78, 5) is 24.3. The summed E-state index contributed by atoms with van der Waals surface area (Å²) in [5, 5.41) is 8.57. The van der Waals surface area contributed by atoms with Crippen molar-refractivity contribution in [2.24, 2.45) is 7.05 Å². The largest absolute Gasteiger partial charge is 0.347 e. The van der Waals surface area contributed by atoms with Crippen molar-refractivity contribution in [3.8, 4) is 0 Å². The summed E-state index contributed by atoms with van der Waals surface area (Å²) in [5.74, 6) is 0. The summed E-state index contributed by atoms with van der Waals surface area (Å²) in [6.45, 7) is 3.05. The molecule has 0 bridgehead atoms. The van der Waals surface area contributed by atoms with Crippen molar-refractivity contribution in [2.45, 2.75) is 25.4 Å². The van der Waals surface area contributed by atoms with Crippen LogP contribution in [0.2, 0.25) is 0 Å². The van der Waals surface area contributed by atoms with E-state index in [1.807, 2.05) is 18.2 Å². The first kappa shape index (κ1) is 16.6. The van der Waals surface area contributed by atoms with Gasteiger partial charge in [0.15, 0.2) is 0 Å². The molecule has 0 aliphatic heterocycles. The Balaban J connectivity index is 1.94. The summed E-state index contributed by atoms with van der Waals surface area (Å²) >= 11 is 0. The van der Waals surface area contributed by atoms with Crippen molar-refractivity contribution in [3.05, 3.63) is 80.6 Å². The van der Waals surface area contributed by atoms with Gasteiger partial charge in [-0.05, 0) is 34.9 Å². The Bertz CT molecular complexity index is 1100. The van der Waals surface area contributed by atoms with E-state index in [2.05, 4.69) is 47.7 Å². The van der Waals surface area contributed by atoms with Crippen LogP contribution in [0.25, 0.3) is 10.8 Å². The first-order chi connectivity index (χ1) is 12.6. The molecule has 0 fully saturated rings. The van der Waals surface area contributed by atoms with Crippen LogP contribution in [0.3, 0.4) is 0 Å². The Morgan fingerprint density at radius 2 is 1.92 bits per heavy atom. The van der Waals surface area contributed by atoms with Gasteiger partial charge >= 0.3 is 11.4 Å². The van der Waals surface area contributed by atoms with Gasteiger partial charge in [0.1, 0.15) is 0 Å². The van der Waals surface area contributed by atoms with Gasteiger partial charge in [-0.25, -0.2) is 23.9 Å². The smallest absolute Gasteiger partial charge is 0.307 e. The molecule has 1 heterocycles. The maximum absolute atomic E-state index is 12.5. The fourth-order valence-corrected chi connectivity index (χ4v) is 3.69. The van der Waals surface area contributed by atoms with E-state index < -0.39 is 5.69 Å². The lowest BCUT2D eigenvalue weighted by Crippen LogP contribution is -2.31. The van der Waals surface area contributed by atoms with Crippen LogP contribution in [0.4, 0.5) is 0 Å². The highest BCUT2D eigenvalue weighted by Gasteiger charge is 2.27. The minimum Gasteiger partial charge on any atom is -0.307 e. The van der Waals surface area contributed by atoms with Gasteiger partial charge in [0.25, 0.3) is 0 Å². The molecule has 0 amide bonds. The molecule has 2 N–H and O–H groups in total. The predicted molar refractivity (Wildman–Crippen MR) is 103 cm³/mol. The molecule has 0 unspecified atom stereocenters. The van der Waals surface area contributed by atoms with Crippen LogP contribution in [0, 0.1) is 0 Å². The molecule has 0 spiro atoms. The SMILES string of the molecule is CCCN[C@@H]1C=C[C@H](n2[nH]c(=O)n(C)c2=O)c2ccc3ccccc3c21. The zero-order chi connectivity index (χ0) is 18.3. The van der Waals surface area contributed by atoms with Crippen LogP contribution in [0.5, 0.6) is 0 Å². The van der Waals surface area contributed by atoms with E-state index in [0.29, 0.717) is 0 Å². The number of aromatic amines is 1. The summed E-state index contributed by atoms with van der Waals surface area (Å²) < 4.78 is 2.50. The normalized spacial score (nSPS) is 19.0. The Morgan fingerprint density at radius 3 is 2.65 bits per heavy atom. The van der Waals surface area contributed by atoms with Crippen LogP contribution in [0.15, 0.2) is 58.1 Å². The van der Waals surface area contributed by atoms with Crippen LogP contribution < -0.4 is 16.7 Å². The molecule has 1 aliphatic carbocycles. The van der Waals surface area contributed by atoms with Gasteiger partial charge in [-0.2, -0.15) is 0 Å². The first-order valence-corrected chi connectivity index (χ1v) is 8.92. The molecule has 4 rings (SSSR count). The number of nitrogens with zero attached hydrogens (tertiary/aromatic N) is 2. The number of fused-ring (bicyclic) bond motifs is 3. The van der Waals surface area contributed by atoms with Crippen LogP contribution in [-0.2, 0) is 7.05 Å². The Morgan fingerprint density at radius 1 is 1.12 bits per heavy atom. The molecule has 1 aromatic heterocycles. The minimum absolute atomic E-state index is 0.0819. The lowest BCUT2D eigenvalue weighted by Gasteiger charge is -2.29. The van der Waals surface area contributed by atoms with Gasteiger partial charge in [0.2, 0.25) is 0 Å². The molecule has 26 heavy (non-hydrogen) atoms. The van der Waals surface area contributed by atoms with E-state index in [0.717, 1.165) is 28.5 Å². The van der Waals surface area contributed by atoms with Crippen LogP contribution >= 0.6 is 0 Å². The van der Waals surface area contributed by atoms with Crippen molar-refractivity contribution >= 4 is 10.8 Å². The molecule has 2 aromatic carbocycles. The lowest BCUT2D eigenvalue weighted by atomic mass is 9.85. The van der Waals surface area contributed by atoms with Gasteiger partial charge in [0, 0.05) is 7.05 Å². The summed E-state index contributed by atoms with van der Waals surface area (Å²) in [5.41, 5.74) is 1.45. The summed E-state index contributed by atoms with van der Waals surface area (Å²) in [6, 6.07) is 12.2. The van der Waals surface area contributed by atoms with E-state index in [-0.39, 0.29) is 17.8 Å². The second kappa shape index (κ2) is 6.46. The van der Waals surface area contributed by atoms with Gasteiger partial charge in [-0.3, -0.25) is 0 Å². The maximum Gasteiger partial charge on any atom is 0.347 e. The van der Waals surface area contributed by atoms with Crippen molar-refractivity contribution in [1.29, 1.82) is 0 Å². The zero-order valence-corrected chi connectivity index (χ0v) is 14.9. The van der Waals surface area contributed by atoms with Gasteiger partial charge in [-0.1, -0.05) is 55.5 Å². The quantitative estimate of drug-likeness (QED) is 0.709. The molecular formula is C20H22N4O2. The molecular weight excluding hydrogens is 328 g/mol. The molecule has 6 heteroatoms. The number of hydrogen-bond acceptors (Lipinski definition) is 3. The number of allylic oxidation sites excluding steroid dienone is 1. The van der Waals surface area contributed by atoms with Crippen LogP contribution in [-0.4, -0.2) is 20.9 Å². The number of H-pyrrole nitrogens is 1. The minimum atomic E-state index is -0.406. The zero-order valence-electron chi connectivity index (χ0n) is 14.9. The van der Waals surface area contributed by atoms with Crippen molar-refractivity contribution in [3.63, 3.8) is 0 Å². The third kappa shape index (κ3) is 2.54. The van der Waals surface area contributed by atoms with Gasteiger partial charge < -0.3 is 5.32 Å². The number of aromatic nitrogens is 3. The van der Waals surface area contributed by atoms with Gasteiger partial charge in [0.05, 0.1) is 12.1 Å². The van der Waals surface area contributed by atoms with E-state index in [1.54, 1.807) is 0 Å². The summed E-state index contributed by atoms with van der Waals surface area (Å²) in [6.07, 6.45) is 5.12. The van der Waals surface area contributed by atoms with E-state index >= 15 is 0 Å². The second-order valence-electron chi connectivity index (χ2n) is 6.68.